The second kappa shape index (κ2) is 6.76. The summed E-state index contributed by atoms with van der Waals surface area (Å²) in [5, 5.41) is 2.42. The normalized spacial score (nSPS) is 13.0. The van der Waals surface area contributed by atoms with Crippen molar-refractivity contribution in [2.45, 2.75) is 17.9 Å². The maximum atomic E-state index is 13.0. The van der Waals surface area contributed by atoms with Gasteiger partial charge in [-0.25, -0.2) is 17.2 Å². The van der Waals surface area contributed by atoms with Gasteiger partial charge in [-0.3, -0.25) is 4.79 Å². The third kappa shape index (κ3) is 4.53. The van der Waals surface area contributed by atoms with Gasteiger partial charge < -0.3 is 10.1 Å². The van der Waals surface area contributed by atoms with Crippen molar-refractivity contribution in [3.8, 4) is 0 Å². The van der Waals surface area contributed by atoms with E-state index in [1.54, 1.807) is 6.92 Å². The topological polar surface area (TPSA) is 72.5 Å². The molecule has 1 aromatic rings. The first kappa shape index (κ1) is 16.5. The molecule has 0 saturated carbocycles. The molecule has 0 aliphatic rings. The minimum atomic E-state index is -4.02. The maximum Gasteiger partial charge on any atom is 0.235 e. The van der Waals surface area contributed by atoms with Gasteiger partial charge in [-0.2, -0.15) is 0 Å². The van der Waals surface area contributed by atoms with Crippen LogP contribution in [0.25, 0.3) is 0 Å². The molecule has 1 rings (SSSR count). The van der Waals surface area contributed by atoms with Crippen molar-refractivity contribution in [1.82, 2.24) is 5.32 Å². The molecule has 20 heavy (non-hydrogen) atoms. The molecule has 1 N–H and O–H groups in total. The third-order valence-corrected chi connectivity index (χ3v) is 4.01. The molecule has 1 amide bonds. The second-order valence-corrected chi connectivity index (χ2v) is 6.25. The molecule has 0 fully saturated rings. The summed E-state index contributed by atoms with van der Waals surface area (Å²) in [5.41, 5.74) is 0. The smallest absolute Gasteiger partial charge is 0.235 e. The SMILES string of the molecule is COC[C@@H](C)NC(=O)CS(=O)(=O)c1ccc(F)c(F)c1. The summed E-state index contributed by atoms with van der Waals surface area (Å²) < 4.78 is 54.3. The molecule has 112 valence electrons. The van der Waals surface area contributed by atoms with Crippen LogP contribution in [-0.2, 0) is 19.4 Å². The Balaban J connectivity index is 2.79. The lowest BCUT2D eigenvalue weighted by Gasteiger charge is -2.12. The number of nitrogens with one attached hydrogen (secondary N) is 1. The Bertz CT molecular complexity index is 589. The summed E-state index contributed by atoms with van der Waals surface area (Å²) in [6.45, 7) is 1.88. The van der Waals surface area contributed by atoms with Gasteiger partial charge in [-0.05, 0) is 25.1 Å². The van der Waals surface area contributed by atoms with Crippen LogP contribution in [0.2, 0.25) is 0 Å². The average molecular weight is 307 g/mol. The molecule has 0 spiro atoms. The molecular weight excluding hydrogens is 292 g/mol. The molecule has 0 aliphatic heterocycles. The summed E-state index contributed by atoms with van der Waals surface area (Å²) >= 11 is 0. The van der Waals surface area contributed by atoms with Crippen molar-refractivity contribution in [1.29, 1.82) is 0 Å². The van der Waals surface area contributed by atoms with Crippen LogP contribution in [0.4, 0.5) is 8.78 Å². The third-order valence-electron chi connectivity index (χ3n) is 2.40. The van der Waals surface area contributed by atoms with Gasteiger partial charge in [0.2, 0.25) is 5.91 Å². The Hall–Kier alpha value is -1.54. The van der Waals surface area contributed by atoms with E-state index in [1.165, 1.54) is 7.11 Å². The van der Waals surface area contributed by atoms with Crippen LogP contribution in [0.3, 0.4) is 0 Å². The molecule has 0 heterocycles. The Kier molecular flexibility index (Phi) is 5.58. The largest absolute Gasteiger partial charge is 0.383 e. The number of rotatable bonds is 6. The van der Waals surface area contributed by atoms with Gasteiger partial charge in [0.15, 0.2) is 21.5 Å². The first-order valence-corrected chi connectivity index (χ1v) is 7.37. The van der Waals surface area contributed by atoms with Crippen molar-refractivity contribution in [3.63, 3.8) is 0 Å². The van der Waals surface area contributed by atoms with Crippen LogP contribution < -0.4 is 5.32 Å². The zero-order valence-corrected chi connectivity index (χ0v) is 11.8. The molecule has 1 atom stereocenters. The lowest BCUT2D eigenvalue weighted by atomic mass is 10.3. The van der Waals surface area contributed by atoms with E-state index in [0.29, 0.717) is 12.1 Å². The van der Waals surface area contributed by atoms with E-state index in [1.807, 2.05) is 0 Å². The van der Waals surface area contributed by atoms with Crippen molar-refractivity contribution in [2.24, 2.45) is 0 Å². The van der Waals surface area contributed by atoms with Gasteiger partial charge in [0, 0.05) is 13.2 Å². The second-order valence-electron chi connectivity index (χ2n) is 4.26. The Morgan fingerprint density at radius 2 is 2.00 bits per heavy atom. The number of benzene rings is 1. The minimum Gasteiger partial charge on any atom is -0.383 e. The molecule has 0 saturated heterocycles. The minimum absolute atomic E-state index is 0.233. The van der Waals surface area contributed by atoms with Crippen LogP contribution in [-0.4, -0.2) is 39.8 Å². The molecule has 0 unspecified atom stereocenters. The van der Waals surface area contributed by atoms with E-state index >= 15 is 0 Å². The number of amides is 1. The first-order valence-electron chi connectivity index (χ1n) is 5.72. The van der Waals surface area contributed by atoms with E-state index in [0.717, 1.165) is 6.07 Å². The van der Waals surface area contributed by atoms with E-state index in [2.05, 4.69) is 5.32 Å². The zero-order valence-electron chi connectivity index (χ0n) is 11.0. The fourth-order valence-corrected chi connectivity index (χ4v) is 2.69. The molecule has 5 nitrogen and oxygen atoms in total. The number of carbonyl (C=O) groups is 1. The predicted octanol–water partition coefficient (Wildman–Crippen LogP) is 0.890. The van der Waals surface area contributed by atoms with Gasteiger partial charge in [0.25, 0.3) is 0 Å². The van der Waals surface area contributed by atoms with Gasteiger partial charge in [-0.1, -0.05) is 0 Å². The van der Waals surface area contributed by atoms with Crippen LogP contribution in [0.15, 0.2) is 23.1 Å². The fourth-order valence-electron chi connectivity index (χ4n) is 1.53. The van der Waals surface area contributed by atoms with Gasteiger partial charge in [-0.15, -0.1) is 0 Å². The fraction of sp³-hybridized carbons (Fsp3) is 0.417. The highest BCUT2D eigenvalue weighted by molar-refractivity contribution is 7.92. The van der Waals surface area contributed by atoms with Crippen LogP contribution in [0.1, 0.15) is 6.92 Å². The Labute approximate surface area is 115 Å². The Morgan fingerprint density at radius 1 is 1.35 bits per heavy atom. The van der Waals surface area contributed by atoms with Crippen LogP contribution in [0.5, 0.6) is 0 Å². The van der Waals surface area contributed by atoms with E-state index in [4.69, 9.17) is 4.74 Å². The molecule has 0 aromatic heterocycles. The number of methoxy groups -OCH3 is 1. The average Bonchev–Trinajstić information content (AvgIpc) is 2.31. The highest BCUT2D eigenvalue weighted by Gasteiger charge is 2.21. The quantitative estimate of drug-likeness (QED) is 0.792. The van der Waals surface area contributed by atoms with Crippen LogP contribution >= 0.6 is 0 Å². The summed E-state index contributed by atoms with van der Waals surface area (Å²) in [6.07, 6.45) is 0. The maximum absolute atomic E-state index is 13.0. The monoisotopic (exact) mass is 307 g/mol. The predicted molar refractivity (Wildman–Crippen MR) is 67.9 cm³/mol. The van der Waals surface area contributed by atoms with Crippen molar-refractivity contribution >= 4 is 15.7 Å². The summed E-state index contributed by atoms with van der Waals surface area (Å²) in [5.74, 6) is -4.01. The van der Waals surface area contributed by atoms with Crippen molar-refractivity contribution in [3.05, 3.63) is 29.8 Å². The molecule has 8 heteroatoms. The zero-order chi connectivity index (χ0) is 15.3. The molecule has 0 radical (unpaired) electrons. The van der Waals surface area contributed by atoms with Gasteiger partial charge in [0.1, 0.15) is 5.75 Å². The number of hydrogen-bond acceptors (Lipinski definition) is 4. The lowest BCUT2D eigenvalue weighted by Crippen LogP contribution is -2.39. The standard InChI is InChI=1S/C12H15F2NO4S/c1-8(6-19-2)15-12(16)7-20(17,18)9-3-4-10(13)11(14)5-9/h3-5,8H,6-7H2,1-2H3,(H,15,16)/t8-/m1/s1. The van der Waals surface area contributed by atoms with Gasteiger partial charge in [0.05, 0.1) is 11.5 Å². The lowest BCUT2D eigenvalue weighted by molar-refractivity contribution is -0.119. The molecular formula is C12H15F2NO4S. The molecule has 0 bridgehead atoms. The first-order chi connectivity index (χ1) is 9.26. The van der Waals surface area contributed by atoms with E-state index in [9.17, 15) is 22.0 Å². The number of halogens is 2. The van der Waals surface area contributed by atoms with Crippen molar-refractivity contribution in [2.75, 3.05) is 19.5 Å². The number of sulfone groups is 1. The van der Waals surface area contributed by atoms with Crippen LogP contribution in [0, 0.1) is 11.6 Å². The van der Waals surface area contributed by atoms with Gasteiger partial charge >= 0.3 is 0 Å². The van der Waals surface area contributed by atoms with Crippen molar-refractivity contribution < 1.29 is 26.7 Å². The highest BCUT2D eigenvalue weighted by Crippen LogP contribution is 2.15. The highest BCUT2D eigenvalue weighted by atomic mass is 32.2. The number of hydrogen-bond donors (Lipinski definition) is 1. The molecule has 0 aliphatic carbocycles. The summed E-state index contributed by atoms with van der Waals surface area (Å²) in [7, 11) is -2.57. The Morgan fingerprint density at radius 3 is 2.55 bits per heavy atom. The van der Waals surface area contributed by atoms with E-state index < -0.39 is 38.0 Å². The number of ether oxygens (including phenoxy) is 1. The van der Waals surface area contributed by atoms with E-state index in [-0.39, 0.29) is 12.6 Å². The summed E-state index contributed by atoms with van der Waals surface area (Å²) in [6, 6.07) is 1.82. The molecule has 1 aromatic carbocycles. The summed E-state index contributed by atoms with van der Waals surface area (Å²) in [4.78, 5) is 11.1. The number of carbonyl (C=O) groups excluding carboxylic acids is 1.